The van der Waals surface area contributed by atoms with Crippen LogP contribution in [0.1, 0.15) is 12.5 Å². The Bertz CT molecular complexity index is 355. The molecule has 5 heteroatoms. The number of aliphatic hydroxyl groups is 1. The van der Waals surface area contributed by atoms with Gasteiger partial charge < -0.3 is 16.6 Å². The fourth-order valence-electron chi connectivity index (χ4n) is 1.09. The van der Waals surface area contributed by atoms with Crippen molar-refractivity contribution in [3.05, 3.63) is 28.5 Å². The summed E-state index contributed by atoms with van der Waals surface area (Å²) in [7, 11) is 0. The van der Waals surface area contributed by atoms with Crippen LogP contribution < -0.4 is 11.5 Å². The standard InChI is InChI=1S/C9H12ClFN2O/c1-9(13,4-14)5-2-6(10)8(12)3-7(5)11/h2-3,14H,4,12-13H2,1H3. The molecular weight excluding hydrogens is 207 g/mol. The highest BCUT2D eigenvalue weighted by Crippen LogP contribution is 2.28. The molecule has 1 aromatic rings. The van der Waals surface area contributed by atoms with Crippen LogP contribution in [0.25, 0.3) is 0 Å². The molecule has 0 aliphatic heterocycles. The van der Waals surface area contributed by atoms with E-state index in [4.69, 9.17) is 28.2 Å². The van der Waals surface area contributed by atoms with Crippen LogP contribution in [0, 0.1) is 5.82 Å². The van der Waals surface area contributed by atoms with E-state index in [9.17, 15) is 4.39 Å². The van der Waals surface area contributed by atoms with Crippen molar-refractivity contribution in [2.24, 2.45) is 5.73 Å². The number of rotatable bonds is 2. The molecule has 0 fully saturated rings. The summed E-state index contributed by atoms with van der Waals surface area (Å²) >= 11 is 5.72. The van der Waals surface area contributed by atoms with Crippen LogP contribution in [0.3, 0.4) is 0 Å². The van der Waals surface area contributed by atoms with Gasteiger partial charge in [0, 0.05) is 5.56 Å². The molecule has 0 amide bonds. The van der Waals surface area contributed by atoms with Gasteiger partial charge in [0.2, 0.25) is 0 Å². The van der Waals surface area contributed by atoms with E-state index < -0.39 is 11.4 Å². The molecule has 1 aromatic carbocycles. The van der Waals surface area contributed by atoms with Crippen LogP contribution >= 0.6 is 11.6 Å². The highest BCUT2D eigenvalue weighted by Gasteiger charge is 2.24. The Morgan fingerprint density at radius 2 is 2.14 bits per heavy atom. The lowest BCUT2D eigenvalue weighted by Crippen LogP contribution is -2.37. The van der Waals surface area contributed by atoms with Gasteiger partial charge in [-0.05, 0) is 19.1 Å². The molecule has 78 valence electrons. The topological polar surface area (TPSA) is 72.3 Å². The fourth-order valence-corrected chi connectivity index (χ4v) is 1.25. The van der Waals surface area contributed by atoms with Crippen molar-refractivity contribution in [2.45, 2.75) is 12.5 Å². The SMILES string of the molecule is CC(N)(CO)c1cc(Cl)c(N)cc1F. The molecule has 0 aliphatic rings. The van der Waals surface area contributed by atoms with E-state index >= 15 is 0 Å². The predicted octanol–water partition coefficient (Wildman–Crippen LogP) is 1.23. The molecule has 1 atom stereocenters. The fraction of sp³-hybridized carbons (Fsp3) is 0.333. The van der Waals surface area contributed by atoms with E-state index in [1.807, 2.05) is 0 Å². The molecule has 14 heavy (non-hydrogen) atoms. The molecule has 0 bridgehead atoms. The Morgan fingerprint density at radius 3 is 2.64 bits per heavy atom. The lowest BCUT2D eigenvalue weighted by molar-refractivity contribution is 0.206. The van der Waals surface area contributed by atoms with Crippen molar-refractivity contribution < 1.29 is 9.50 Å². The summed E-state index contributed by atoms with van der Waals surface area (Å²) in [5.41, 5.74) is 10.2. The minimum atomic E-state index is -1.15. The molecule has 1 rings (SSSR count). The lowest BCUT2D eigenvalue weighted by Gasteiger charge is -2.23. The van der Waals surface area contributed by atoms with Gasteiger partial charge in [-0.1, -0.05) is 11.6 Å². The largest absolute Gasteiger partial charge is 0.397 e. The molecule has 0 aromatic heterocycles. The van der Waals surface area contributed by atoms with Crippen molar-refractivity contribution in [3.63, 3.8) is 0 Å². The number of benzene rings is 1. The average Bonchev–Trinajstić information content (AvgIpc) is 2.11. The van der Waals surface area contributed by atoms with Crippen LogP contribution in [0.5, 0.6) is 0 Å². The van der Waals surface area contributed by atoms with Crippen LogP contribution in [0.2, 0.25) is 5.02 Å². The highest BCUT2D eigenvalue weighted by atomic mass is 35.5. The van der Waals surface area contributed by atoms with Gasteiger partial charge in [0.15, 0.2) is 0 Å². The Hall–Kier alpha value is -0.840. The molecule has 0 spiro atoms. The van der Waals surface area contributed by atoms with E-state index in [0.29, 0.717) is 0 Å². The summed E-state index contributed by atoms with van der Waals surface area (Å²) < 4.78 is 13.4. The van der Waals surface area contributed by atoms with Gasteiger partial charge in [-0.2, -0.15) is 0 Å². The number of anilines is 1. The third-order valence-corrected chi connectivity index (χ3v) is 2.36. The van der Waals surface area contributed by atoms with E-state index in [1.54, 1.807) is 0 Å². The predicted molar refractivity (Wildman–Crippen MR) is 54.4 cm³/mol. The first kappa shape index (κ1) is 11.2. The van der Waals surface area contributed by atoms with Crippen LogP contribution in [0.4, 0.5) is 10.1 Å². The minimum absolute atomic E-state index is 0.152. The number of halogens is 2. The lowest BCUT2D eigenvalue weighted by atomic mass is 9.93. The maximum atomic E-state index is 13.4. The second kappa shape index (κ2) is 3.73. The van der Waals surface area contributed by atoms with Gasteiger partial charge in [-0.15, -0.1) is 0 Å². The Kier molecular flexibility index (Phi) is 2.99. The molecule has 0 radical (unpaired) electrons. The van der Waals surface area contributed by atoms with Crippen molar-refractivity contribution in [2.75, 3.05) is 12.3 Å². The maximum Gasteiger partial charge on any atom is 0.130 e. The third kappa shape index (κ3) is 1.97. The van der Waals surface area contributed by atoms with Gasteiger partial charge in [-0.25, -0.2) is 4.39 Å². The Labute approximate surface area is 86.5 Å². The zero-order valence-corrected chi connectivity index (χ0v) is 8.48. The number of hydrogen-bond acceptors (Lipinski definition) is 3. The van der Waals surface area contributed by atoms with Crippen molar-refractivity contribution in [3.8, 4) is 0 Å². The van der Waals surface area contributed by atoms with Gasteiger partial charge in [0.25, 0.3) is 0 Å². The van der Waals surface area contributed by atoms with Gasteiger partial charge in [-0.3, -0.25) is 0 Å². The molecular formula is C9H12ClFN2O. The summed E-state index contributed by atoms with van der Waals surface area (Å²) in [6.07, 6.45) is 0. The number of nitrogens with two attached hydrogens (primary N) is 2. The van der Waals surface area contributed by atoms with Crippen LogP contribution in [-0.2, 0) is 5.54 Å². The Balaban J connectivity index is 3.29. The quantitative estimate of drug-likeness (QED) is 0.654. The minimum Gasteiger partial charge on any atom is -0.397 e. The zero-order chi connectivity index (χ0) is 10.9. The summed E-state index contributed by atoms with van der Waals surface area (Å²) in [5.74, 6) is -0.564. The summed E-state index contributed by atoms with van der Waals surface area (Å²) in [5, 5.41) is 9.19. The second-order valence-electron chi connectivity index (χ2n) is 3.43. The number of aliphatic hydroxyl groups excluding tert-OH is 1. The van der Waals surface area contributed by atoms with E-state index in [-0.39, 0.29) is 22.9 Å². The zero-order valence-electron chi connectivity index (χ0n) is 7.72. The molecule has 0 aliphatic carbocycles. The number of hydrogen-bond donors (Lipinski definition) is 3. The van der Waals surface area contributed by atoms with Crippen LogP contribution in [0.15, 0.2) is 12.1 Å². The van der Waals surface area contributed by atoms with Crippen molar-refractivity contribution in [1.29, 1.82) is 0 Å². The summed E-state index contributed by atoms with van der Waals surface area (Å²) in [6, 6.07) is 2.43. The molecule has 0 heterocycles. The Morgan fingerprint density at radius 1 is 1.57 bits per heavy atom. The molecule has 5 N–H and O–H groups in total. The van der Waals surface area contributed by atoms with Crippen molar-refractivity contribution >= 4 is 17.3 Å². The summed E-state index contributed by atoms with van der Waals surface area (Å²) in [4.78, 5) is 0. The van der Waals surface area contributed by atoms with Crippen LogP contribution in [-0.4, -0.2) is 11.7 Å². The van der Waals surface area contributed by atoms with E-state index in [1.165, 1.54) is 13.0 Å². The van der Waals surface area contributed by atoms with Gasteiger partial charge in [0.05, 0.1) is 22.9 Å². The normalized spacial score (nSPS) is 15.2. The van der Waals surface area contributed by atoms with Crippen molar-refractivity contribution in [1.82, 2.24) is 0 Å². The summed E-state index contributed by atoms with van der Waals surface area (Å²) in [6.45, 7) is 1.14. The monoisotopic (exact) mass is 218 g/mol. The molecule has 1 unspecified atom stereocenters. The average molecular weight is 219 g/mol. The maximum absolute atomic E-state index is 13.4. The smallest absolute Gasteiger partial charge is 0.130 e. The number of nitrogen functional groups attached to an aromatic ring is 1. The molecule has 3 nitrogen and oxygen atoms in total. The van der Waals surface area contributed by atoms with E-state index in [2.05, 4.69) is 0 Å². The highest BCUT2D eigenvalue weighted by molar-refractivity contribution is 6.33. The first-order valence-electron chi connectivity index (χ1n) is 4.03. The molecule has 0 saturated carbocycles. The van der Waals surface area contributed by atoms with Gasteiger partial charge >= 0.3 is 0 Å². The second-order valence-corrected chi connectivity index (χ2v) is 3.84. The van der Waals surface area contributed by atoms with E-state index in [0.717, 1.165) is 6.07 Å². The first-order chi connectivity index (χ1) is 6.38. The first-order valence-corrected chi connectivity index (χ1v) is 4.41. The van der Waals surface area contributed by atoms with Gasteiger partial charge in [0.1, 0.15) is 5.82 Å². The third-order valence-electron chi connectivity index (χ3n) is 2.03. The molecule has 0 saturated heterocycles.